The van der Waals surface area contributed by atoms with Crippen LogP contribution >= 0.6 is 11.6 Å². The average molecular weight is 263 g/mol. The van der Waals surface area contributed by atoms with Crippen LogP contribution in [-0.4, -0.2) is 18.9 Å². The van der Waals surface area contributed by atoms with Crippen molar-refractivity contribution in [1.29, 1.82) is 0 Å². The van der Waals surface area contributed by atoms with Gasteiger partial charge in [-0.05, 0) is 43.4 Å². The maximum Gasteiger partial charge on any atom is 0.294 e. The van der Waals surface area contributed by atoms with Crippen molar-refractivity contribution in [3.05, 3.63) is 29.3 Å². The molecule has 5 heteroatoms. The molecule has 0 unspecified atom stereocenters. The van der Waals surface area contributed by atoms with Crippen LogP contribution in [-0.2, 0) is 16.5 Å². The first-order valence-electron chi connectivity index (χ1n) is 5.08. The van der Waals surface area contributed by atoms with Crippen molar-refractivity contribution >= 4 is 21.7 Å². The van der Waals surface area contributed by atoms with E-state index in [1.165, 1.54) is 6.07 Å². The summed E-state index contributed by atoms with van der Waals surface area (Å²) in [5.41, 5.74) is 1.64. The van der Waals surface area contributed by atoms with Gasteiger partial charge in [0.15, 0.2) is 0 Å². The molecule has 0 aliphatic rings. The zero-order chi connectivity index (χ0) is 12.2. The van der Waals surface area contributed by atoms with Crippen LogP contribution in [0.5, 0.6) is 0 Å². The van der Waals surface area contributed by atoms with Crippen LogP contribution in [0.2, 0.25) is 0 Å². The van der Waals surface area contributed by atoms with E-state index in [1.807, 2.05) is 0 Å². The molecule has 0 bridgehead atoms. The van der Waals surface area contributed by atoms with Gasteiger partial charge in [0.05, 0.1) is 4.90 Å². The third-order valence-corrected chi connectivity index (χ3v) is 3.65. The largest absolute Gasteiger partial charge is 0.294 e. The zero-order valence-electron chi connectivity index (χ0n) is 9.11. The molecule has 0 radical (unpaired) electrons. The number of benzene rings is 1. The Balaban J connectivity index is 2.83. The molecule has 1 N–H and O–H groups in total. The molecule has 0 atom stereocenters. The normalized spacial score (nSPS) is 11.7. The second kappa shape index (κ2) is 5.66. The van der Waals surface area contributed by atoms with Crippen molar-refractivity contribution < 1.29 is 13.0 Å². The highest BCUT2D eigenvalue weighted by Gasteiger charge is 2.12. The fourth-order valence-corrected chi connectivity index (χ4v) is 2.47. The topological polar surface area (TPSA) is 54.4 Å². The van der Waals surface area contributed by atoms with E-state index in [1.54, 1.807) is 19.1 Å². The third-order valence-electron chi connectivity index (χ3n) is 2.37. The van der Waals surface area contributed by atoms with Crippen molar-refractivity contribution in [2.75, 3.05) is 5.88 Å². The molecular formula is C11H15ClO3S. The van der Waals surface area contributed by atoms with Crippen molar-refractivity contribution in [3.63, 3.8) is 0 Å². The summed E-state index contributed by atoms with van der Waals surface area (Å²) in [6.45, 7) is 1.67. The maximum absolute atomic E-state index is 11.0. The Bertz CT molecular complexity index is 454. The molecule has 0 fully saturated rings. The van der Waals surface area contributed by atoms with Gasteiger partial charge in [-0.25, -0.2) is 0 Å². The van der Waals surface area contributed by atoms with Crippen molar-refractivity contribution in [2.24, 2.45) is 0 Å². The third kappa shape index (κ3) is 3.77. The molecule has 0 saturated heterocycles. The summed E-state index contributed by atoms with van der Waals surface area (Å²) < 4.78 is 30.9. The lowest BCUT2D eigenvalue weighted by atomic mass is 10.1. The summed E-state index contributed by atoms with van der Waals surface area (Å²) in [6.07, 6.45) is 2.80. The average Bonchev–Trinajstić information content (AvgIpc) is 2.16. The molecule has 3 nitrogen and oxygen atoms in total. The van der Waals surface area contributed by atoms with E-state index in [0.717, 1.165) is 24.8 Å². The molecule has 16 heavy (non-hydrogen) atoms. The van der Waals surface area contributed by atoms with Gasteiger partial charge in [-0.1, -0.05) is 12.1 Å². The molecular weight excluding hydrogens is 248 g/mol. The Morgan fingerprint density at radius 1 is 1.31 bits per heavy atom. The van der Waals surface area contributed by atoms with E-state index in [9.17, 15) is 8.42 Å². The Kier molecular flexibility index (Phi) is 4.77. The first-order chi connectivity index (χ1) is 7.45. The van der Waals surface area contributed by atoms with Crippen molar-refractivity contribution in [2.45, 2.75) is 31.1 Å². The number of alkyl halides is 1. The number of aryl methyl sites for hydroxylation is 2. The van der Waals surface area contributed by atoms with Crippen molar-refractivity contribution in [1.82, 2.24) is 0 Å². The van der Waals surface area contributed by atoms with Gasteiger partial charge in [0.2, 0.25) is 0 Å². The second-order valence-corrected chi connectivity index (χ2v) is 5.49. The van der Waals surface area contributed by atoms with Gasteiger partial charge < -0.3 is 0 Å². The summed E-state index contributed by atoms with van der Waals surface area (Å²) in [4.78, 5) is -0.0198. The SMILES string of the molecule is Cc1cc(CCCCCl)ccc1S(=O)(=O)O. The molecule has 0 amide bonds. The highest BCUT2D eigenvalue weighted by atomic mass is 35.5. The number of halogens is 1. The summed E-state index contributed by atoms with van der Waals surface area (Å²) in [5, 5.41) is 0. The van der Waals surface area contributed by atoms with Gasteiger partial charge in [0.1, 0.15) is 0 Å². The number of hydrogen-bond donors (Lipinski definition) is 1. The predicted octanol–water partition coefficient (Wildman–Crippen LogP) is 2.80. The van der Waals surface area contributed by atoms with Crippen molar-refractivity contribution in [3.8, 4) is 0 Å². The lowest BCUT2D eigenvalue weighted by Gasteiger charge is -2.05. The van der Waals surface area contributed by atoms with Crippen LogP contribution in [0, 0.1) is 6.92 Å². The van der Waals surface area contributed by atoms with E-state index >= 15 is 0 Å². The summed E-state index contributed by atoms with van der Waals surface area (Å²) in [5.74, 6) is 0.641. The molecule has 0 aliphatic carbocycles. The maximum atomic E-state index is 11.0. The Hall–Kier alpha value is -0.580. The molecule has 1 rings (SSSR count). The van der Waals surface area contributed by atoms with Crippen LogP contribution in [0.25, 0.3) is 0 Å². The summed E-state index contributed by atoms with van der Waals surface area (Å²) >= 11 is 5.57. The highest BCUT2D eigenvalue weighted by Crippen LogP contribution is 2.17. The fraction of sp³-hybridized carbons (Fsp3) is 0.455. The summed E-state index contributed by atoms with van der Waals surface area (Å²) in [6, 6.07) is 4.96. The second-order valence-electron chi connectivity index (χ2n) is 3.72. The molecule has 0 aromatic heterocycles. The van der Waals surface area contributed by atoms with E-state index in [4.69, 9.17) is 16.2 Å². The Labute approximate surface area is 101 Å². The first-order valence-corrected chi connectivity index (χ1v) is 7.05. The fourth-order valence-electron chi connectivity index (χ4n) is 1.58. The number of rotatable bonds is 5. The smallest absolute Gasteiger partial charge is 0.282 e. The minimum atomic E-state index is -4.10. The zero-order valence-corrected chi connectivity index (χ0v) is 10.7. The van der Waals surface area contributed by atoms with Crippen LogP contribution < -0.4 is 0 Å². The predicted molar refractivity (Wildman–Crippen MR) is 64.7 cm³/mol. The molecule has 0 saturated carbocycles. The van der Waals surface area contributed by atoms with Gasteiger partial charge in [0.25, 0.3) is 10.1 Å². The van der Waals surface area contributed by atoms with Gasteiger partial charge in [-0.2, -0.15) is 8.42 Å². The van der Waals surface area contributed by atoms with Crippen LogP contribution in [0.4, 0.5) is 0 Å². The number of hydrogen-bond acceptors (Lipinski definition) is 2. The molecule has 1 aromatic rings. The Morgan fingerprint density at radius 2 is 2.00 bits per heavy atom. The first kappa shape index (κ1) is 13.5. The van der Waals surface area contributed by atoms with Gasteiger partial charge in [-0.15, -0.1) is 11.6 Å². The summed E-state index contributed by atoms with van der Waals surface area (Å²) in [7, 11) is -4.10. The van der Waals surface area contributed by atoms with Crippen LogP contribution in [0.15, 0.2) is 23.1 Å². The monoisotopic (exact) mass is 262 g/mol. The molecule has 0 spiro atoms. The molecule has 0 aliphatic heterocycles. The standard InChI is InChI=1S/C11H15ClO3S/c1-9-8-10(4-2-3-7-12)5-6-11(9)16(13,14)15/h5-6,8H,2-4,7H2,1H3,(H,13,14,15). The minimum Gasteiger partial charge on any atom is -0.282 e. The van der Waals surface area contributed by atoms with Crippen LogP contribution in [0.3, 0.4) is 0 Å². The molecule has 0 heterocycles. The molecule has 90 valence electrons. The van der Waals surface area contributed by atoms with E-state index in [-0.39, 0.29) is 4.90 Å². The van der Waals surface area contributed by atoms with E-state index in [0.29, 0.717) is 11.4 Å². The van der Waals surface area contributed by atoms with E-state index < -0.39 is 10.1 Å². The lowest BCUT2D eigenvalue weighted by molar-refractivity contribution is 0.482. The Morgan fingerprint density at radius 3 is 2.50 bits per heavy atom. The van der Waals surface area contributed by atoms with Crippen LogP contribution in [0.1, 0.15) is 24.0 Å². The van der Waals surface area contributed by atoms with Gasteiger partial charge >= 0.3 is 0 Å². The van der Waals surface area contributed by atoms with Gasteiger partial charge in [0, 0.05) is 5.88 Å². The number of unbranched alkanes of at least 4 members (excludes halogenated alkanes) is 1. The highest BCUT2D eigenvalue weighted by molar-refractivity contribution is 7.85. The van der Waals surface area contributed by atoms with Gasteiger partial charge in [-0.3, -0.25) is 4.55 Å². The minimum absolute atomic E-state index is 0.0198. The van der Waals surface area contributed by atoms with E-state index in [2.05, 4.69) is 0 Å². The quantitative estimate of drug-likeness (QED) is 0.504. The lowest BCUT2D eigenvalue weighted by Crippen LogP contribution is -2.01. The molecule has 1 aromatic carbocycles.